The molecule has 0 fully saturated rings. The molecular formula is C28H20Cl3FN2O5. The van der Waals surface area contributed by atoms with Crippen molar-refractivity contribution in [3.8, 4) is 22.6 Å². The van der Waals surface area contributed by atoms with Crippen molar-refractivity contribution in [1.29, 1.82) is 0 Å². The minimum atomic E-state index is -1.37. The molecule has 7 nitrogen and oxygen atoms in total. The number of ketones is 1. The molecule has 0 unspecified atom stereocenters. The first-order valence-electron chi connectivity index (χ1n) is 11.5. The van der Waals surface area contributed by atoms with E-state index >= 15 is 0 Å². The Morgan fingerprint density at radius 1 is 1.03 bits per heavy atom. The maximum Gasteiger partial charge on any atom is 0.338 e. The number of ether oxygens (including phenoxy) is 1. The van der Waals surface area contributed by atoms with E-state index in [2.05, 4.69) is 5.16 Å². The molecule has 0 saturated heterocycles. The number of benzene rings is 3. The zero-order valence-electron chi connectivity index (χ0n) is 20.4. The van der Waals surface area contributed by atoms with Gasteiger partial charge < -0.3 is 14.2 Å². The maximum absolute atomic E-state index is 13.2. The summed E-state index contributed by atoms with van der Waals surface area (Å²) >= 11 is 18.1. The molecule has 11 heteroatoms. The second-order valence-electron chi connectivity index (χ2n) is 8.25. The summed E-state index contributed by atoms with van der Waals surface area (Å²) in [6, 6.07) is 18.2. The largest absolute Gasteiger partial charge is 0.465 e. The van der Waals surface area contributed by atoms with Gasteiger partial charge in [0.25, 0.3) is 5.91 Å². The SMILES string of the molecule is COC(=O)c1cccc(Cl)c1-c1cc(-c2cccc(N(CCC(=O)c3ccc(F)cc3)C(=O)C(Cl)Cl)c2)on1. The molecule has 0 saturated carbocycles. The van der Waals surface area contributed by atoms with Crippen LogP contribution >= 0.6 is 34.8 Å². The molecule has 0 N–H and O–H groups in total. The Morgan fingerprint density at radius 2 is 1.74 bits per heavy atom. The third-order valence-corrected chi connectivity index (χ3v) is 6.50. The first-order valence-corrected chi connectivity index (χ1v) is 12.8. The van der Waals surface area contributed by atoms with Gasteiger partial charge in [0, 0.05) is 41.4 Å². The number of alkyl halides is 2. The fourth-order valence-corrected chi connectivity index (χ4v) is 4.41. The molecule has 0 atom stereocenters. The predicted octanol–water partition coefficient (Wildman–Crippen LogP) is 7.00. The fourth-order valence-electron chi connectivity index (χ4n) is 3.90. The van der Waals surface area contributed by atoms with Crippen LogP contribution in [0.3, 0.4) is 0 Å². The van der Waals surface area contributed by atoms with Crippen LogP contribution in [0.15, 0.2) is 77.3 Å². The zero-order valence-corrected chi connectivity index (χ0v) is 22.6. The number of halogens is 4. The standard InChI is InChI=1S/C28H20Cl3FN2O5/c1-38-28(37)20-6-3-7-21(29)25(20)22-15-24(39-33-22)17-4-2-5-19(14-17)34(27(36)26(30)31)13-12-23(35)16-8-10-18(32)11-9-16/h2-11,14-15,26H,12-13H2,1H3. The minimum Gasteiger partial charge on any atom is -0.465 e. The maximum atomic E-state index is 13.2. The van der Waals surface area contributed by atoms with Crippen molar-refractivity contribution >= 4 is 58.1 Å². The normalized spacial score (nSPS) is 10.9. The second-order valence-corrected chi connectivity index (χ2v) is 9.75. The molecule has 0 aliphatic carbocycles. The lowest BCUT2D eigenvalue weighted by atomic mass is 10.0. The van der Waals surface area contributed by atoms with E-state index in [1.807, 2.05) is 0 Å². The second kappa shape index (κ2) is 12.4. The summed E-state index contributed by atoms with van der Waals surface area (Å²) in [5.41, 5.74) is 2.13. The number of carbonyl (C=O) groups excluding carboxylic acids is 3. The Labute approximate surface area is 238 Å². The summed E-state index contributed by atoms with van der Waals surface area (Å²) < 4.78 is 23.6. The minimum absolute atomic E-state index is 0.0296. The van der Waals surface area contributed by atoms with Crippen LogP contribution in [0.1, 0.15) is 27.1 Å². The average molecular weight is 590 g/mol. The molecule has 4 rings (SSSR count). The van der Waals surface area contributed by atoms with Gasteiger partial charge in [-0.3, -0.25) is 9.59 Å². The molecule has 200 valence electrons. The topological polar surface area (TPSA) is 89.7 Å². The number of hydrogen-bond acceptors (Lipinski definition) is 6. The molecule has 1 aromatic heterocycles. The van der Waals surface area contributed by atoms with Crippen LogP contribution in [0.2, 0.25) is 5.02 Å². The Kier molecular flexibility index (Phi) is 9.01. The van der Waals surface area contributed by atoms with Crippen molar-refractivity contribution in [3.63, 3.8) is 0 Å². The Morgan fingerprint density at radius 3 is 2.44 bits per heavy atom. The van der Waals surface area contributed by atoms with Crippen LogP contribution < -0.4 is 4.90 Å². The third-order valence-electron chi connectivity index (χ3n) is 5.81. The van der Waals surface area contributed by atoms with Crippen LogP contribution in [-0.4, -0.2) is 41.3 Å². The first kappa shape index (κ1) is 28.3. The van der Waals surface area contributed by atoms with E-state index in [-0.39, 0.29) is 29.3 Å². The quantitative estimate of drug-likeness (QED) is 0.119. The van der Waals surface area contributed by atoms with E-state index in [9.17, 15) is 18.8 Å². The Balaban J connectivity index is 1.63. The molecule has 0 radical (unpaired) electrons. The molecule has 39 heavy (non-hydrogen) atoms. The molecule has 4 aromatic rings. The Bertz CT molecular complexity index is 1520. The summed E-state index contributed by atoms with van der Waals surface area (Å²) in [5.74, 6) is -1.63. The number of aromatic nitrogens is 1. The van der Waals surface area contributed by atoms with Gasteiger partial charge in [-0.1, -0.05) is 58.2 Å². The van der Waals surface area contributed by atoms with Crippen LogP contribution in [0, 0.1) is 5.82 Å². The molecule has 1 heterocycles. The third kappa shape index (κ3) is 6.47. The van der Waals surface area contributed by atoms with Crippen LogP contribution in [-0.2, 0) is 9.53 Å². The lowest BCUT2D eigenvalue weighted by Gasteiger charge is -2.23. The van der Waals surface area contributed by atoms with Crippen molar-refractivity contribution in [3.05, 3.63) is 94.8 Å². The molecule has 0 aliphatic heterocycles. The highest BCUT2D eigenvalue weighted by Crippen LogP contribution is 2.35. The summed E-state index contributed by atoms with van der Waals surface area (Å²) in [7, 11) is 1.26. The number of Topliss-reactive ketones (excluding diaryl/α,β-unsaturated/α-hetero) is 1. The van der Waals surface area contributed by atoms with Crippen molar-refractivity contribution in [1.82, 2.24) is 5.16 Å². The van der Waals surface area contributed by atoms with Crippen molar-refractivity contribution < 1.29 is 28.0 Å². The highest BCUT2D eigenvalue weighted by atomic mass is 35.5. The summed E-state index contributed by atoms with van der Waals surface area (Å²) in [4.78, 5) is 37.7. The van der Waals surface area contributed by atoms with Gasteiger partial charge in [0.05, 0.1) is 17.7 Å². The van der Waals surface area contributed by atoms with Crippen molar-refractivity contribution in [2.75, 3.05) is 18.6 Å². The van der Waals surface area contributed by atoms with E-state index in [1.165, 1.54) is 36.3 Å². The van der Waals surface area contributed by atoms with Crippen LogP contribution in [0.4, 0.5) is 10.1 Å². The Hall–Kier alpha value is -3.72. The van der Waals surface area contributed by atoms with Crippen molar-refractivity contribution in [2.45, 2.75) is 11.3 Å². The van der Waals surface area contributed by atoms with Gasteiger partial charge in [-0.25, -0.2) is 9.18 Å². The molecule has 0 spiro atoms. The lowest BCUT2D eigenvalue weighted by Crippen LogP contribution is -2.36. The zero-order chi connectivity index (χ0) is 28.1. The van der Waals surface area contributed by atoms with Gasteiger partial charge in [-0.15, -0.1) is 0 Å². The molecule has 3 aromatic carbocycles. The van der Waals surface area contributed by atoms with Gasteiger partial charge in [0.1, 0.15) is 11.5 Å². The van der Waals surface area contributed by atoms with Crippen LogP contribution in [0.25, 0.3) is 22.6 Å². The number of rotatable bonds is 9. The van der Waals surface area contributed by atoms with Gasteiger partial charge in [0.15, 0.2) is 16.4 Å². The van der Waals surface area contributed by atoms with E-state index < -0.39 is 22.5 Å². The van der Waals surface area contributed by atoms with E-state index in [4.69, 9.17) is 44.1 Å². The smallest absolute Gasteiger partial charge is 0.338 e. The number of amides is 1. The predicted molar refractivity (Wildman–Crippen MR) is 147 cm³/mol. The van der Waals surface area contributed by atoms with Gasteiger partial charge >= 0.3 is 5.97 Å². The van der Waals surface area contributed by atoms with Crippen molar-refractivity contribution in [2.24, 2.45) is 0 Å². The number of methoxy groups -OCH3 is 1. The van der Waals surface area contributed by atoms with E-state index in [1.54, 1.807) is 48.5 Å². The average Bonchev–Trinajstić information content (AvgIpc) is 3.42. The molecule has 0 bridgehead atoms. The summed E-state index contributed by atoms with van der Waals surface area (Å²) in [5, 5.41) is 4.36. The lowest BCUT2D eigenvalue weighted by molar-refractivity contribution is -0.117. The van der Waals surface area contributed by atoms with Gasteiger partial charge in [0.2, 0.25) is 0 Å². The number of hydrogen-bond donors (Lipinski definition) is 0. The summed E-state index contributed by atoms with van der Waals surface area (Å²) in [6.07, 6.45) is -0.0582. The monoisotopic (exact) mass is 588 g/mol. The van der Waals surface area contributed by atoms with Gasteiger partial charge in [-0.2, -0.15) is 0 Å². The first-order chi connectivity index (χ1) is 18.7. The molecular weight excluding hydrogens is 570 g/mol. The van der Waals surface area contributed by atoms with Gasteiger partial charge in [-0.05, 0) is 48.5 Å². The fraction of sp³-hybridized carbons (Fsp3) is 0.143. The number of carbonyl (C=O) groups is 3. The highest BCUT2D eigenvalue weighted by molar-refractivity contribution is 6.54. The van der Waals surface area contributed by atoms with E-state index in [0.717, 1.165) is 0 Å². The summed E-state index contributed by atoms with van der Waals surface area (Å²) in [6.45, 7) is -0.0296. The number of nitrogens with zero attached hydrogens (tertiary/aromatic N) is 2. The molecule has 0 aliphatic rings. The number of esters is 1. The molecule has 1 amide bonds. The van der Waals surface area contributed by atoms with E-state index in [0.29, 0.717) is 33.8 Å². The van der Waals surface area contributed by atoms with Crippen LogP contribution in [0.5, 0.6) is 0 Å². The highest BCUT2D eigenvalue weighted by Gasteiger charge is 2.24. The number of anilines is 1.